The highest BCUT2D eigenvalue weighted by atomic mass is 32.1. The molecular weight excluding hydrogens is 391 g/mol. The van der Waals surface area contributed by atoms with Gasteiger partial charge in [0.25, 0.3) is 0 Å². The van der Waals surface area contributed by atoms with Crippen molar-refractivity contribution in [1.29, 1.82) is 0 Å². The van der Waals surface area contributed by atoms with Crippen molar-refractivity contribution in [3.8, 4) is 5.69 Å². The fraction of sp³-hybridized carbons (Fsp3) is 0.250. The summed E-state index contributed by atoms with van der Waals surface area (Å²) in [7, 11) is 0. The van der Waals surface area contributed by atoms with Gasteiger partial charge in [-0.15, -0.1) is 16.4 Å². The van der Waals surface area contributed by atoms with Crippen LogP contribution in [0.15, 0.2) is 42.5 Å². The quantitative estimate of drug-likeness (QED) is 0.464. The third kappa shape index (κ3) is 4.45. The molecule has 29 heavy (non-hydrogen) atoms. The molecule has 4 aromatic rings. The number of halogens is 1. The molecule has 2 aromatic carbocycles. The van der Waals surface area contributed by atoms with Crippen LogP contribution in [-0.4, -0.2) is 31.1 Å². The van der Waals surface area contributed by atoms with Gasteiger partial charge in [-0.05, 0) is 66.9 Å². The Hall–Kier alpha value is -3.20. The van der Waals surface area contributed by atoms with Crippen LogP contribution >= 0.6 is 11.3 Å². The van der Waals surface area contributed by atoms with Crippen LogP contribution in [0.2, 0.25) is 0 Å². The maximum absolute atomic E-state index is 14.1. The van der Waals surface area contributed by atoms with Crippen LogP contribution in [0.25, 0.3) is 15.9 Å². The molecule has 9 heteroatoms. The zero-order valence-corrected chi connectivity index (χ0v) is 16.6. The second kappa shape index (κ2) is 8.44. The number of fused-ring (bicyclic) bond motifs is 1. The van der Waals surface area contributed by atoms with Crippen LogP contribution in [0, 0.1) is 12.7 Å². The first-order valence-electron chi connectivity index (χ1n) is 9.29. The van der Waals surface area contributed by atoms with Gasteiger partial charge in [-0.2, -0.15) is 4.68 Å². The van der Waals surface area contributed by atoms with E-state index in [2.05, 4.69) is 31.9 Å². The molecule has 0 saturated heterocycles. The second-order valence-corrected chi connectivity index (χ2v) is 7.75. The molecule has 0 atom stereocenters. The molecule has 0 bridgehead atoms. The van der Waals surface area contributed by atoms with Crippen molar-refractivity contribution in [1.82, 2.24) is 25.2 Å². The fourth-order valence-electron chi connectivity index (χ4n) is 3.02. The molecule has 0 unspecified atom stereocenters. The van der Waals surface area contributed by atoms with Crippen LogP contribution in [0.1, 0.15) is 30.1 Å². The number of rotatable bonds is 7. The number of benzene rings is 2. The standard InChI is InChI=1S/C20H19FN6OS/c1-13-24-25-26-27(13)17-12-14(10-11-15(17)21)22-19(28)8-4-5-9-20-23-16-6-2-3-7-18(16)29-20/h2-3,6-7,10-12H,4-5,8-9H2,1H3,(H,22,28). The van der Waals surface area contributed by atoms with E-state index in [1.54, 1.807) is 18.3 Å². The van der Waals surface area contributed by atoms with Gasteiger partial charge in [-0.3, -0.25) is 4.79 Å². The van der Waals surface area contributed by atoms with Gasteiger partial charge < -0.3 is 5.32 Å². The lowest BCUT2D eigenvalue weighted by atomic mass is 10.2. The number of hydrogen-bond acceptors (Lipinski definition) is 6. The third-order valence-corrected chi connectivity index (χ3v) is 5.56. The van der Waals surface area contributed by atoms with Gasteiger partial charge >= 0.3 is 0 Å². The number of carbonyl (C=O) groups excluding carboxylic acids is 1. The number of aryl methyl sites for hydroxylation is 2. The monoisotopic (exact) mass is 410 g/mol. The van der Waals surface area contributed by atoms with E-state index in [0.717, 1.165) is 29.8 Å². The highest BCUT2D eigenvalue weighted by molar-refractivity contribution is 7.18. The summed E-state index contributed by atoms with van der Waals surface area (Å²) in [4.78, 5) is 16.9. The van der Waals surface area contributed by atoms with Crippen molar-refractivity contribution in [3.63, 3.8) is 0 Å². The molecule has 0 spiro atoms. The second-order valence-electron chi connectivity index (χ2n) is 6.63. The number of para-hydroxylation sites is 1. The SMILES string of the molecule is Cc1nnnn1-c1cc(NC(=O)CCCCc2nc3ccccc3s2)ccc1F. The van der Waals surface area contributed by atoms with Crippen LogP contribution in [0.4, 0.5) is 10.1 Å². The van der Waals surface area contributed by atoms with Crippen LogP contribution in [0.5, 0.6) is 0 Å². The molecule has 1 N–H and O–H groups in total. The molecule has 1 amide bonds. The maximum atomic E-state index is 14.1. The smallest absolute Gasteiger partial charge is 0.224 e. The van der Waals surface area contributed by atoms with Gasteiger partial charge in [0.1, 0.15) is 11.5 Å². The van der Waals surface area contributed by atoms with E-state index < -0.39 is 5.82 Å². The van der Waals surface area contributed by atoms with Crippen molar-refractivity contribution >= 4 is 33.1 Å². The minimum atomic E-state index is -0.464. The molecule has 0 saturated carbocycles. The lowest BCUT2D eigenvalue weighted by molar-refractivity contribution is -0.116. The number of nitrogens with one attached hydrogen (secondary N) is 1. The van der Waals surface area contributed by atoms with Crippen molar-refractivity contribution < 1.29 is 9.18 Å². The van der Waals surface area contributed by atoms with Gasteiger partial charge in [-0.1, -0.05) is 12.1 Å². The minimum Gasteiger partial charge on any atom is -0.326 e. The number of aromatic nitrogens is 5. The van der Waals surface area contributed by atoms with Crippen LogP contribution in [0.3, 0.4) is 0 Å². The first-order chi connectivity index (χ1) is 14.1. The third-order valence-electron chi connectivity index (χ3n) is 4.47. The van der Waals surface area contributed by atoms with E-state index in [1.807, 2.05) is 18.2 Å². The zero-order chi connectivity index (χ0) is 20.2. The summed E-state index contributed by atoms with van der Waals surface area (Å²) in [6, 6.07) is 12.4. The number of anilines is 1. The normalized spacial score (nSPS) is 11.1. The Kier molecular flexibility index (Phi) is 5.57. The molecule has 148 valence electrons. The number of nitrogens with zero attached hydrogens (tertiary/aromatic N) is 5. The molecule has 4 rings (SSSR count). The average molecular weight is 410 g/mol. The molecule has 0 aliphatic heterocycles. The molecule has 2 heterocycles. The molecule has 0 radical (unpaired) electrons. The Morgan fingerprint density at radius 3 is 2.86 bits per heavy atom. The molecule has 0 fully saturated rings. The van der Waals surface area contributed by atoms with Gasteiger partial charge in [-0.25, -0.2) is 9.37 Å². The summed E-state index contributed by atoms with van der Waals surface area (Å²) in [6.07, 6.45) is 2.88. The number of unbranched alkanes of at least 4 members (excludes halogenated alkanes) is 1. The predicted molar refractivity (Wildman–Crippen MR) is 110 cm³/mol. The molecule has 7 nitrogen and oxygen atoms in total. The van der Waals surface area contributed by atoms with Gasteiger partial charge in [0.2, 0.25) is 5.91 Å². The largest absolute Gasteiger partial charge is 0.326 e. The van der Waals surface area contributed by atoms with E-state index in [1.165, 1.54) is 27.6 Å². The van der Waals surface area contributed by atoms with Crippen LogP contribution < -0.4 is 5.32 Å². The van der Waals surface area contributed by atoms with E-state index in [9.17, 15) is 9.18 Å². The Labute approximate surface area is 170 Å². The minimum absolute atomic E-state index is 0.111. The topological polar surface area (TPSA) is 85.6 Å². The highest BCUT2D eigenvalue weighted by Crippen LogP contribution is 2.23. The number of carbonyl (C=O) groups is 1. The predicted octanol–water partition coefficient (Wildman–Crippen LogP) is 4.07. The van der Waals surface area contributed by atoms with E-state index >= 15 is 0 Å². The number of amides is 1. The summed E-state index contributed by atoms with van der Waals surface area (Å²) < 4.78 is 16.6. The molecule has 0 aliphatic rings. The molecular formula is C20H19FN6OS. The summed E-state index contributed by atoms with van der Waals surface area (Å²) in [5.41, 5.74) is 1.73. The van der Waals surface area contributed by atoms with Gasteiger partial charge in [0, 0.05) is 12.1 Å². The Morgan fingerprint density at radius 2 is 2.07 bits per heavy atom. The fourth-order valence-corrected chi connectivity index (χ4v) is 4.03. The first-order valence-corrected chi connectivity index (χ1v) is 10.1. The average Bonchev–Trinajstić information content (AvgIpc) is 3.32. The highest BCUT2D eigenvalue weighted by Gasteiger charge is 2.12. The van der Waals surface area contributed by atoms with Crippen molar-refractivity contribution in [2.45, 2.75) is 32.6 Å². The summed E-state index contributed by atoms with van der Waals surface area (Å²) in [6.45, 7) is 1.68. The number of hydrogen-bond donors (Lipinski definition) is 1. The lowest BCUT2D eigenvalue weighted by Gasteiger charge is -2.09. The Balaban J connectivity index is 1.30. The zero-order valence-electron chi connectivity index (χ0n) is 15.8. The first kappa shape index (κ1) is 19.1. The number of tetrazole rings is 1. The Morgan fingerprint density at radius 1 is 1.21 bits per heavy atom. The van der Waals surface area contributed by atoms with E-state index in [0.29, 0.717) is 17.9 Å². The summed E-state index contributed by atoms with van der Waals surface area (Å²) in [5.74, 6) is -0.114. The summed E-state index contributed by atoms with van der Waals surface area (Å²) >= 11 is 1.70. The van der Waals surface area contributed by atoms with Crippen LogP contribution in [-0.2, 0) is 11.2 Å². The van der Waals surface area contributed by atoms with Crippen molar-refractivity contribution in [2.24, 2.45) is 0 Å². The number of thiazole rings is 1. The lowest BCUT2D eigenvalue weighted by Crippen LogP contribution is -2.12. The van der Waals surface area contributed by atoms with Gasteiger partial charge in [0.15, 0.2) is 5.82 Å². The molecule has 0 aliphatic carbocycles. The maximum Gasteiger partial charge on any atom is 0.224 e. The van der Waals surface area contributed by atoms with Crippen molar-refractivity contribution in [2.75, 3.05) is 5.32 Å². The summed E-state index contributed by atoms with van der Waals surface area (Å²) in [5, 5.41) is 15.0. The van der Waals surface area contributed by atoms with E-state index in [-0.39, 0.29) is 11.6 Å². The van der Waals surface area contributed by atoms with Crippen molar-refractivity contribution in [3.05, 3.63) is 59.1 Å². The van der Waals surface area contributed by atoms with Gasteiger partial charge in [0.05, 0.1) is 15.2 Å². The molecule has 2 aromatic heterocycles. The van der Waals surface area contributed by atoms with E-state index in [4.69, 9.17) is 0 Å². The Bertz CT molecular complexity index is 1120.